The van der Waals surface area contributed by atoms with Crippen LogP contribution >= 0.6 is 11.3 Å². The molecule has 0 fully saturated rings. The molecule has 0 aliphatic rings. The van der Waals surface area contributed by atoms with Crippen LogP contribution in [0.4, 0.5) is 5.69 Å². The molecule has 1 aromatic heterocycles. The maximum absolute atomic E-state index is 12.8. The monoisotopic (exact) mass is 641 g/mol. The number of carbonyl (C=O) groups is 2. The first-order valence-corrected chi connectivity index (χ1v) is 17.2. The maximum Gasteiger partial charge on any atom is 0.323 e. The third kappa shape index (κ3) is 10.3. The van der Waals surface area contributed by atoms with Crippen LogP contribution in [0.1, 0.15) is 81.0 Å². The van der Waals surface area contributed by atoms with Gasteiger partial charge in [0.1, 0.15) is 18.2 Å². The summed E-state index contributed by atoms with van der Waals surface area (Å²) in [6, 6.07) is 27.5. The number of hydrogen-bond acceptors (Lipinski definition) is 6. The molecule has 3 aromatic carbocycles. The fraction of sp³-hybridized carbons (Fsp3) is 0.395. The van der Waals surface area contributed by atoms with Crippen LogP contribution in [0, 0.1) is 0 Å². The quantitative estimate of drug-likeness (QED) is 0.117. The molecule has 4 rings (SSSR count). The molecule has 4 aromatic rings. The van der Waals surface area contributed by atoms with Crippen molar-refractivity contribution in [2.45, 2.75) is 85.0 Å². The summed E-state index contributed by atoms with van der Waals surface area (Å²) < 4.78 is 5.57. The van der Waals surface area contributed by atoms with E-state index in [9.17, 15) is 14.7 Å². The van der Waals surface area contributed by atoms with Crippen molar-refractivity contribution in [2.75, 3.05) is 18.1 Å². The molecule has 0 bridgehead atoms. The molecule has 0 saturated heterocycles. The van der Waals surface area contributed by atoms with Crippen molar-refractivity contribution in [1.29, 1.82) is 0 Å². The highest BCUT2D eigenvalue weighted by Crippen LogP contribution is 2.30. The Morgan fingerprint density at radius 3 is 2.15 bits per heavy atom. The van der Waals surface area contributed by atoms with Gasteiger partial charge in [-0.1, -0.05) is 93.4 Å². The standard InChI is InChI=1S/C38H47N3O4S/c1-5-10-31(11-6-2)32-18-20-34(21-19-32)41(28(3)4)22-29-14-16-33(17-15-29)35-27-46-36(39-35)23-40(24-38(43)44)37(42)26-45-25-30-12-8-7-9-13-30/h7-9,12-21,27-28,31H,5-6,10-11,22-26H2,1-4H3,(H,43,44). The lowest BCUT2D eigenvalue weighted by Gasteiger charge is -2.30. The fourth-order valence-corrected chi connectivity index (χ4v) is 6.48. The van der Waals surface area contributed by atoms with E-state index in [0.717, 1.165) is 23.4 Å². The molecule has 0 atom stereocenters. The van der Waals surface area contributed by atoms with Gasteiger partial charge in [-0.25, -0.2) is 4.98 Å². The van der Waals surface area contributed by atoms with Crippen molar-refractivity contribution in [3.05, 3.63) is 106 Å². The highest BCUT2D eigenvalue weighted by atomic mass is 32.1. The van der Waals surface area contributed by atoms with Crippen LogP contribution in [-0.2, 0) is 34.0 Å². The summed E-state index contributed by atoms with van der Waals surface area (Å²) in [4.78, 5) is 32.8. The number of carboxylic acids is 1. The lowest BCUT2D eigenvalue weighted by molar-refractivity contribution is -0.147. The van der Waals surface area contributed by atoms with Gasteiger partial charge in [0, 0.05) is 29.2 Å². The summed E-state index contributed by atoms with van der Waals surface area (Å²) in [7, 11) is 0. The van der Waals surface area contributed by atoms with Crippen LogP contribution in [-0.4, -0.2) is 46.1 Å². The van der Waals surface area contributed by atoms with Gasteiger partial charge in [-0.15, -0.1) is 11.3 Å². The van der Waals surface area contributed by atoms with Crippen LogP contribution in [0.3, 0.4) is 0 Å². The number of rotatable bonds is 18. The highest BCUT2D eigenvalue weighted by molar-refractivity contribution is 7.09. The number of thiazole rings is 1. The van der Waals surface area contributed by atoms with Crippen LogP contribution in [0.2, 0.25) is 0 Å². The van der Waals surface area contributed by atoms with E-state index in [-0.39, 0.29) is 25.7 Å². The van der Waals surface area contributed by atoms with E-state index in [1.54, 1.807) is 0 Å². The third-order valence-corrected chi connectivity index (χ3v) is 8.92. The first kappa shape index (κ1) is 34.9. The zero-order valence-electron chi connectivity index (χ0n) is 27.5. The van der Waals surface area contributed by atoms with Gasteiger partial charge in [-0.05, 0) is 61.4 Å². The van der Waals surface area contributed by atoms with Gasteiger partial charge < -0.3 is 19.6 Å². The summed E-state index contributed by atoms with van der Waals surface area (Å²) >= 11 is 1.42. The fourth-order valence-electron chi connectivity index (χ4n) is 5.66. The normalized spacial score (nSPS) is 11.3. The number of benzene rings is 3. The molecule has 7 nitrogen and oxygen atoms in total. The molecule has 0 saturated carbocycles. The van der Waals surface area contributed by atoms with Gasteiger partial charge >= 0.3 is 5.97 Å². The molecule has 0 aliphatic carbocycles. The average Bonchev–Trinajstić information content (AvgIpc) is 3.52. The van der Waals surface area contributed by atoms with E-state index < -0.39 is 12.5 Å². The van der Waals surface area contributed by atoms with Crippen LogP contribution in [0.25, 0.3) is 11.3 Å². The topological polar surface area (TPSA) is 83.0 Å². The van der Waals surface area contributed by atoms with Crippen molar-refractivity contribution < 1.29 is 19.4 Å². The predicted molar refractivity (Wildman–Crippen MR) is 187 cm³/mol. The molecule has 0 radical (unpaired) electrons. The molecule has 8 heteroatoms. The van der Waals surface area contributed by atoms with Crippen LogP contribution in [0.15, 0.2) is 84.2 Å². The summed E-state index contributed by atoms with van der Waals surface area (Å²) in [5, 5.41) is 12.0. The lowest BCUT2D eigenvalue weighted by atomic mass is 9.90. The smallest absolute Gasteiger partial charge is 0.323 e. The number of carbonyl (C=O) groups excluding carboxylic acids is 1. The Morgan fingerprint density at radius 2 is 1.54 bits per heavy atom. The third-order valence-electron chi connectivity index (χ3n) is 8.09. The number of aliphatic carboxylic acids is 1. The van der Waals surface area contributed by atoms with E-state index in [2.05, 4.69) is 81.1 Å². The second-order valence-electron chi connectivity index (χ2n) is 12.0. The summed E-state index contributed by atoms with van der Waals surface area (Å²) in [5.74, 6) is -0.826. The van der Waals surface area contributed by atoms with Crippen LogP contribution < -0.4 is 4.90 Å². The minimum Gasteiger partial charge on any atom is -0.480 e. The Morgan fingerprint density at radius 1 is 0.870 bits per heavy atom. The molecule has 1 heterocycles. The maximum atomic E-state index is 12.8. The molecular weight excluding hydrogens is 595 g/mol. The number of anilines is 1. The number of carboxylic acid groups (broad SMARTS) is 1. The van der Waals surface area contributed by atoms with Gasteiger partial charge in [-0.3, -0.25) is 9.59 Å². The van der Waals surface area contributed by atoms with E-state index in [0.29, 0.717) is 17.0 Å². The Labute approximate surface area is 277 Å². The van der Waals surface area contributed by atoms with Crippen molar-refractivity contribution in [2.24, 2.45) is 0 Å². The zero-order chi connectivity index (χ0) is 32.9. The molecule has 1 N–H and O–H groups in total. The SMILES string of the molecule is CCCC(CCC)c1ccc(N(Cc2ccc(-c3csc(CN(CC(=O)O)C(=O)COCc4ccccc4)n3)cc2)C(C)C)cc1. The lowest BCUT2D eigenvalue weighted by Crippen LogP contribution is -2.37. The molecule has 0 spiro atoms. The van der Waals surface area contributed by atoms with Gasteiger partial charge in [-0.2, -0.15) is 0 Å². The van der Waals surface area contributed by atoms with E-state index in [1.165, 1.54) is 58.7 Å². The number of amides is 1. The van der Waals surface area contributed by atoms with Crippen molar-refractivity contribution >= 4 is 28.9 Å². The number of hydrogen-bond donors (Lipinski definition) is 1. The Balaban J connectivity index is 1.38. The largest absolute Gasteiger partial charge is 0.480 e. The zero-order valence-corrected chi connectivity index (χ0v) is 28.3. The summed E-state index contributed by atoms with van der Waals surface area (Å²) in [6.07, 6.45) is 4.88. The van der Waals surface area contributed by atoms with E-state index >= 15 is 0 Å². The second kappa shape index (κ2) is 17.6. The predicted octanol–water partition coefficient (Wildman–Crippen LogP) is 8.54. The first-order chi connectivity index (χ1) is 22.3. The van der Waals surface area contributed by atoms with Crippen LogP contribution in [0.5, 0.6) is 0 Å². The van der Waals surface area contributed by atoms with Gasteiger partial charge in [0.05, 0.1) is 18.8 Å². The number of nitrogens with zero attached hydrogens (tertiary/aromatic N) is 3. The first-order valence-electron chi connectivity index (χ1n) is 16.3. The molecular formula is C38H47N3O4S. The highest BCUT2D eigenvalue weighted by Gasteiger charge is 2.20. The number of ether oxygens (including phenoxy) is 1. The number of aromatic nitrogens is 1. The Hall–Kier alpha value is -4.01. The van der Waals surface area contributed by atoms with Crippen molar-refractivity contribution in [1.82, 2.24) is 9.88 Å². The molecule has 1 amide bonds. The van der Waals surface area contributed by atoms with Gasteiger partial charge in [0.2, 0.25) is 5.91 Å². The van der Waals surface area contributed by atoms with Gasteiger partial charge in [0.25, 0.3) is 0 Å². The molecule has 0 aliphatic heterocycles. The van der Waals surface area contributed by atoms with E-state index in [4.69, 9.17) is 9.72 Å². The molecule has 46 heavy (non-hydrogen) atoms. The average molecular weight is 642 g/mol. The molecule has 0 unspecified atom stereocenters. The van der Waals surface area contributed by atoms with Gasteiger partial charge in [0.15, 0.2) is 0 Å². The Bertz CT molecular complexity index is 1500. The summed E-state index contributed by atoms with van der Waals surface area (Å²) in [6.45, 7) is 9.56. The van der Waals surface area contributed by atoms with E-state index in [1.807, 2.05) is 35.7 Å². The molecule has 244 valence electrons. The summed E-state index contributed by atoms with van der Waals surface area (Å²) in [5.41, 5.74) is 6.61. The van der Waals surface area contributed by atoms with Crippen molar-refractivity contribution in [3.63, 3.8) is 0 Å². The Kier molecular flexibility index (Phi) is 13.4. The van der Waals surface area contributed by atoms with Crippen molar-refractivity contribution in [3.8, 4) is 11.3 Å². The second-order valence-corrected chi connectivity index (χ2v) is 13.0. The minimum absolute atomic E-state index is 0.113. The minimum atomic E-state index is -1.08.